The molecule has 2 saturated heterocycles. The number of imidazole rings is 1. The summed E-state index contributed by atoms with van der Waals surface area (Å²) in [5.41, 5.74) is 8.56. The first-order valence-corrected chi connectivity index (χ1v) is 9.31. The second-order valence-corrected chi connectivity index (χ2v) is 7.57. The highest BCUT2D eigenvalue weighted by atomic mass is 19.1. The van der Waals surface area contributed by atoms with Gasteiger partial charge in [-0.1, -0.05) is 6.92 Å². The Balaban J connectivity index is 1.62. The van der Waals surface area contributed by atoms with Gasteiger partial charge in [-0.15, -0.1) is 0 Å². The lowest BCUT2D eigenvalue weighted by atomic mass is 9.86. The van der Waals surface area contributed by atoms with Crippen molar-refractivity contribution in [3.63, 3.8) is 0 Å². The number of fused-ring (bicyclic) bond motifs is 5. The fourth-order valence-corrected chi connectivity index (χ4v) is 5.23. The van der Waals surface area contributed by atoms with E-state index < -0.39 is 11.7 Å². The number of nitrogens with two attached hydrogens (primary N) is 1. The predicted octanol–water partition coefficient (Wildman–Crippen LogP) is 2.78. The van der Waals surface area contributed by atoms with Gasteiger partial charge >= 0.3 is 0 Å². The molecule has 3 aromatic rings. The van der Waals surface area contributed by atoms with Gasteiger partial charge in [0.05, 0.1) is 11.1 Å². The Bertz CT molecular complexity index is 1010. The summed E-state index contributed by atoms with van der Waals surface area (Å²) >= 11 is 0. The van der Waals surface area contributed by atoms with E-state index in [1.807, 2.05) is 6.20 Å². The van der Waals surface area contributed by atoms with E-state index in [-0.39, 0.29) is 5.56 Å². The molecule has 5 rings (SSSR count). The first-order chi connectivity index (χ1) is 12.6. The van der Waals surface area contributed by atoms with Gasteiger partial charge in [-0.2, -0.15) is 0 Å². The van der Waals surface area contributed by atoms with Gasteiger partial charge in [0.1, 0.15) is 11.3 Å². The largest absolute Gasteiger partial charge is 0.366 e. The Morgan fingerprint density at radius 2 is 2.08 bits per heavy atom. The van der Waals surface area contributed by atoms with Crippen molar-refractivity contribution >= 4 is 22.6 Å². The summed E-state index contributed by atoms with van der Waals surface area (Å²) in [6.45, 7) is 3.35. The molecule has 1 aromatic carbocycles. The summed E-state index contributed by atoms with van der Waals surface area (Å²) in [6.07, 6.45) is 6.77. The van der Waals surface area contributed by atoms with Crippen molar-refractivity contribution in [2.45, 2.75) is 50.6 Å². The highest BCUT2D eigenvalue weighted by Crippen LogP contribution is 2.44. The van der Waals surface area contributed by atoms with E-state index in [1.54, 1.807) is 4.52 Å². The number of halogens is 1. The van der Waals surface area contributed by atoms with Crippen molar-refractivity contribution < 1.29 is 9.18 Å². The minimum atomic E-state index is -0.651. The number of rotatable bonds is 3. The van der Waals surface area contributed by atoms with E-state index in [0.29, 0.717) is 29.0 Å². The van der Waals surface area contributed by atoms with Gasteiger partial charge in [0.15, 0.2) is 5.65 Å². The van der Waals surface area contributed by atoms with Gasteiger partial charge in [0.2, 0.25) is 0 Å². The zero-order chi connectivity index (χ0) is 18.0. The number of benzene rings is 1. The van der Waals surface area contributed by atoms with Gasteiger partial charge in [-0.3, -0.25) is 14.8 Å². The fourth-order valence-electron chi connectivity index (χ4n) is 5.23. The van der Waals surface area contributed by atoms with Gasteiger partial charge in [0, 0.05) is 29.9 Å². The Morgan fingerprint density at radius 3 is 2.73 bits per heavy atom. The van der Waals surface area contributed by atoms with Crippen molar-refractivity contribution in [3.05, 3.63) is 35.3 Å². The number of nitrogens with zero attached hydrogens (tertiary/aromatic N) is 3. The van der Waals surface area contributed by atoms with E-state index in [1.165, 1.54) is 25.0 Å². The van der Waals surface area contributed by atoms with Crippen LogP contribution in [-0.2, 0) is 0 Å². The molecule has 1 amide bonds. The standard InChI is InChI=1S/C19H22FN5O/c1-2-24-12-3-4-13(24)6-10(5-12)15-9-22-25-17-14(18(21)26)7-11(20)8-16(17)23-19(15)25/h7-10,12-13,22H,2-6H2,1H3,(H2,21,26). The molecule has 2 aliphatic rings. The van der Waals surface area contributed by atoms with Crippen molar-refractivity contribution in [2.24, 2.45) is 5.73 Å². The molecule has 6 nitrogen and oxygen atoms in total. The van der Waals surface area contributed by atoms with Crippen LogP contribution in [0.3, 0.4) is 0 Å². The van der Waals surface area contributed by atoms with E-state index in [0.717, 1.165) is 30.6 Å². The number of aromatic nitrogens is 3. The number of nitrogens with one attached hydrogen (secondary N) is 1. The molecule has 2 fully saturated rings. The highest BCUT2D eigenvalue weighted by Gasteiger charge is 2.41. The molecule has 2 aliphatic heterocycles. The average molecular weight is 355 g/mol. The van der Waals surface area contributed by atoms with Gasteiger partial charge in [-0.25, -0.2) is 13.9 Å². The van der Waals surface area contributed by atoms with Crippen LogP contribution in [0.15, 0.2) is 18.3 Å². The van der Waals surface area contributed by atoms with Crippen LogP contribution in [0.1, 0.15) is 54.4 Å². The monoisotopic (exact) mass is 355 g/mol. The van der Waals surface area contributed by atoms with Crippen LogP contribution in [-0.4, -0.2) is 44.0 Å². The molecule has 2 bridgehead atoms. The summed E-state index contributed by atoms with van der Waals surface area (Å²) in [5.74, 6) is -0.715. The van der Waals surface area contributed by atoms with Crippen LogP contribution in [0.5, 0.6) is 0 Å². The van der Waals surface area contributed by atoms with Crippen molar-refractivity contribution in [3.8, 4) is 0 Å². The molecule has 2 atom stereocenters. The Kier molecular flexibility index (Phi) is 3.37. The van der Waals surface area contributed by atoms with Crippen molar-refractivity contribution in [1.82, 2.24) is 19.5 Å². The number of hydrogen-bond acceptors (Lipinski definition) is 3. The molecule has 0 spiro atoms. The summed E-state index contributed by atoms with van der Waals surface area (Å²) in [4.78, 5) is 19.0. The number of hydrogen-bond donors (Lipinski definition) is 2. The van der Waals surface area contributed by atoms with Crippen LogP contribution < -0.4 is 5.73 Å². The Morgan fingerprint density at radius 1 is 1.35 bits per heavy atom. The van der Waals surface area contributed by atoms with Crippen LogP contribution >= 0.6 is 0 Å². The van der Waals surface area contributed by atoms with Gasteiger partial charge in [0.25, 0.3) is 5.91 Å². The third-order valence-electron chi connectivity index (χ3n) is 6.28. The minimum absolute atomic E-state index is 0.154. The van der Waals surface area contributed by atoms with E-state index in [9.17, 15) is 9.18 Å². The molecule has 26 heavy (non-hydrogen) atoms. The van der Waals surface area contributed by atoms with Crippen LogP contribution in [0, 0.1) is 5.82 Å². The first kappa shape index (κ1) is 15.8. The van der Waals surface area contributed by atoms with Crippen LogP contribution in [0.25, 0.3) is 16.7 Å². The maximum Gasteiger partial charge on any atom is 0.251 e. The summed E-state index contributed by atoms with van der Waals surface area (Å²) in [5, 5.41) is 3.21. The maximum absolute atomic E-state index is 13.9. The van der Waals surface area contributed by atoms with Gasteiger partial charge in [-0.05, 0) is 44.2 Å². The predicted molar refractivity (Wildman–Crippen MR) is 96.7 cm³/mol. The summed E-state index contributed by atoms with van der Waals surface area (Å²) < 4.78 is 15.6. The normalized spacial score (nSPS) is 26.2. The number of piperidine rings is 1. The molecular formula is C19H22FN5O. The second-order valence-electron chi connectivity index (χ2n) is 7.57. The van der Waals surface area contributed by atoms with Crippen LogP contribution in [0.4, 0.5) is 4.39 Å². The molecule has 7 heteroatoms. The molecule has 3 N–H and O–H groups in total. The average Bonchev–Trinajstić information content (AvgIpc) is 3.23. The third kappa shape index (κ3) is 2.13. The zero-order valence-electron chi connectivity index (χ0n) is 14.7. The molecule has 2 aromatic heterocycles. The molecule has 0 aliphatic carbocycles. The Hall–Kier alpha value is -2.41. The lowest BCUT2D eigenvalue weighted by Crippen LogP contribution is -2.41. The molecule has 0 saturated carbocycles. The lowest BCUT2D eigenvalue weighted by Gasteiger charge is -2.38. The highest BCUT2D eigenvalue weighted by molar-refractivity contribution is 6.05. The molecular weight excluding hydrogens is 333 g/mol. The third-order valence-corrected chi connectivity index (χ3v) is 6.28. The first-order valence-electron chi connectivity index (χ1n) is 9.31. The number of primary amides is 1. The quantitative estimate of drug-likeness (QED) is 0.758. The number of amides is 1. The molecule has 4 heterocycles. The molecule has 136 valence electrons. The topological polar surface area (TPSA) is 79.4 Å². The number of H-pyrrole nitrogens is 1. The van der Waals surface area contributed by atoms with Crippen LogP contribution in [0.2, 0.25) is 0 Å². The van der Waals surface area contributed by atoms with Gasteiger partial charge < -0.3 is 5.73 Å². The van der Waals surface area contributed by atoms with E-state index >= 15 is 0 Å². The van der Waals surface area contributed by atoms with E-state index in [4.69, 9.17) is 5.73 Å². The minimum Gasteiger partial charge on any atom is -0.366 e. The SMILES string of the molecule is CCN1C2CCC1CC(c1c[nH]n3c1nc1cc(F)cc(C(N)=O)c13)C2. The smallest absolute Gasteiger partial charge is 0.251 e. The maximum atomic E-state index is 13.9. The summed E-state index contributed by atoms with van der Waals surface area (Å²) in [7, 11) is 0. The number of carbonyl (C=O) groups is 1. The number of carbonyl (C=O) groups excluding carboxylic acids is 1. The molecule has 2 unspecified atom stereocenters. The van der Waals surface area contributed by atoms with Crippen molar-refractivity contribution in [2.75, 3.05) is 6.54 Å². The molecule has 0 radical (unpaired) electrons. The zero-order valence-corrected chi connectivity index (χ0v) is 14.7. The second kappa shape index (κ2) is 5.54. The summed E-state index contributed by atoms with van der Waals surface area (Å²) in [6, 6.07) is 3.82. The van der Waals surface area contributed by atoms with E-state index in [2.05, 4.69) is 21.9 Å². The lowest BCUT2D eigenvalue weighted by molar-refractivity contribution is 0.100. The number of aromatic amines is 1. The Labute approximate surface area is 150 Å². The fraction of sp³-hybridized carbons (Fsp3) is 0.474. The van der Waals surface area contributed by atoms with Crippen molar-refractivity contribution in [1.29, 1.82) is 0 Å².